The first-order chi connectivity index (χ1) is 6.02. The highest BCUT2D eigenvalue weighted by molar-refractivity contribution is 6.29. The zero-order valence-electron chi connectivity index (χ0n) is 8.22. The summed E-state index contributed by atoms with van der Waals surface area (Å²) in [5.41, 5.74) is 0. The summed E-state index contributed by atoms with van der Waals surface area (Å²) >= 11 is 5.84. The third-order valence-electron chi connectivity index (χ3n) is 2.45. The minimum Gasteiger partial charge on any atom is -0.231 e. The lowest BCUT2D eigenvalue weighted by Gasteiger charge is -2.23. The third kappa shape index (κ3) is 2.53. The van der Waals surface area contributed by atoms with Gasteiger partial charge in [-0.2, -0.15) is 4.39 Å². The predicted molar refractivity (Wildman–Crippen MR) is 54.6 cm³/mol. The summed E-state index contributed by atoms with van der Waals surface area (Å²) in [6.07, 6.45) is 2.15. The Kier molecular flexibility index (Phi) is 3.48. The number of hydrogen-bond donors (Lipinski definition) is 0. The van der Waals surface area contributed by atoms with Crippen LogP contribution in [0.2, 0.25) is 0 Å². The first-order valence-corrected chi connectivity index (χ1v) is 4.98. The molecule has 0 saturated heterocycles. The van der Waals surface area contributed by atoms with Crippen LogP contribution < -0.4 is 0 Å². The van der Waals surface area contributed by atoms with E-state index in [2.05, 4.69) is 4.99 Å². The Morgan fingerprint density at radius 1 is 1.62 bits per heavy atom. The van der Waals surface area contributed by atoms with Crippen LogP contribution >= 0.6 is 11.6 Å². The van der Waals surface area contributed by atoms with E-state index in [0.717, 1.165) is 6.42 Å². The van der Waals surface area contributed by atoms with Gasteiger partial charge < -0.3 is 0 Å². The summed E-state index contributed by atoms with van der Waals surface area (Å²) in [7, 11) is 0. The Labute approximate surface area is 83.7 Å². The molecular weight excluding hydrogens is 189 g/mol. The van der Waals surface area contributed by atoms with Crippen molar-refractivity contribution in [1.29, 1.82) is 0 Å². The second kappa shape index (κ2) is 4.23. The van der Waals surface area contributed by atoms with Gasteiger partial charge in [-0.25, -0.2) is 4.99 Å². The Morgan fingerprint density at radius 2 is 2.23 bits per heavy atom. The van der Waals surface area contributed by atoms with E-state index in [1.165, 1.54) is 6.20 Å². The average molecular weight is 204 g/mol. The molecule has 0 aliphatic carbocycles. The highest BCUT2D eigenvalue weighted by atomic mass is 35.5. The number of nitrogens with zero attached hydrogens (tertiary/aromatic N) is 1. The van der Waals surface area contributed by atoms with Gasteiger partial charge in [-0.15, -0.1) is 0 Å². The zero-order chi connectivity index (χ0) is 10.0. The Hall–Kier alpha value is -0.370. The normalized spacial score (nSPS) is 29.7. The molecule has 0 aromatic heterocycles. The van der Waals surface area contributed by atoms with Crippen molar-refractivity contribution in [2.75, 3.05) is 0 Å². The van der Waals surface area contributed by atoms with Crippen molar-refractivity contribution < 1.29 is 4.39 Å². The molecule has 2 unspecified atom stereocenters. The molecule has 0 radical (unpaired) electrons. The van der Waals surface area contributed by atoms with E-state index in [-0.39, 0.29) is 23.7 Å². The fraction of sp³-hybridized carbons (Fsp3) is 0.700. The van der Waals surface area contributed by atoms with Gasteiger partial charge in [0.15, 0.2) is 5.97 Å². The Bertz CT molecular complexity index is 245. The molecule has 3 heteroatoms. The van der Waals surface area contributed by atoms with Gasteiger partial charge in [-0.05, 0) is 18.3 Å². The zero-order valence-corrected chi connectivity index (χ0v) is 8.98. The van der Waals surface area contributed by atoms with Gasteiger partial charge in [0.05, 0.1) is 0 Å². The van der Waals surface area contributed by atoms with Crippen molar-refractivity contribution in [2.24, 2.45) is 22.7 Å². The van der Waals surface area contributed by atoms with Gasteiger partial charge in [0.1, 0.15) is 0 Å². The summed E-state index contributed by atoms with van der Waals surface area (Å²) in [5, 5.41) is 0.644. The lowest BCUT2D eigenvalue weighted by molar-refractivity contribution is 0.340. The number of allylic oxidation sites excluding steroid dienone is 1. The molecule has 0 aromatic carbocycles. The summed E-state index contributed by atoms with van der Waals surface area (Å²) in [6, 6.07) is 0. The number of halogens is 2. The molecule has 74 valence electrons. The van der Waals surface area contributed by atoms with Crippen LogP contribution in [0.3, 0.4) is 0 Å². The second-order valence-electron chi connectivity index (χ2n) is 3.98. The van der Waals surface area contributed by atoms with Gasteiger partial charge in [0.2, 0.25) is 0 Å². The first-order valence-electron chi connectivity index (χ1n) is 4.60. The molecule has 0 bridgehead atoms. The fourth-order valence-electron chi connectivity index (χ4n) is 1.87. The van der Waals surface area contributed by atoms with Gasteiger partial charge >= 0.3 is 0 Å². The topological polar surface area (TPSA) is 12.4 Å². The average Bonchev–Trinajstić information content (AvgIpc) is 2.10. The quantitative estimate of drug-likeness (QED) is 0.616. The second-order valence-corrected chi connectivity index (χ2v) is 4.46. The van der Waals surface area contributed by atoms with Gasteiger partial charge in [0.25, 0.3) is 0 Å². The lowest BCUT2D eigenvalue weighted by Crippen LogP contribution is -2.23. The minimum absolute atomic E-state index is 0.0903. The van der Waals surface area contributed by atoms with Gasteiger partial charge in [0, 0.05) is 17.2 Å². The summed E-state index contributed by atoms with van der Waals surface area (Å²) in [6.45, 7) is 6.03. The highest BCUT2D eigenvalue weighted by Crippen LogP contribution is 2.31. The smallest absolute Gasteiger partial charge is 0.192 e. The summed E-state index contributed by atoms with van der Waals surface area (Å²) < 4.78 is 13.4. The van der Waals surface area contributed by atoms with Crippen LogP contribution in [0.15, 0.2) is 16.2 Å². The molecule has 1 heterocycles. The van der Waals surface area contributed by atoms with Crippen LogP contribution in [0, 0.1) is 17.8 Å². The standard InChI is InChI=1S/C10H15ClFN/c1-6(2)9-7(3)4-8(11)5-13-10(9)12/h5-7,9H,4H2,1-3H3. The maximum Gasteiger partial charge on any atom is 0.192 e. The molecule has 0 spiro atoms. The molecule has 13 heavy (non-hydrogen) atoms. The molecule has 0 amide bonds. The number of aliphatic imine (C=N–C) groups is 1. The van der Waals surface area contributed by atoms with E-state index in [1.807, 2.05) is 20.8 Å². The van der Waals surface area contributed by atoms with Crippen LogP contribution in [0.4, 0.5) is 4.39 Å². The van der Waals surface area contributed by atoms with Crippen molar-refractivity contribution in [1.82, 2.24) is 0 Å². The van der Waals surface area contributed by atoms with Crippen molar-refractivity contribution >= 4 is 17.6 Å². The van der Waals surface area contributed by atoms with E-state index in [9.17, 15) is 4.39 Å². The molecule has 1 aliphatic heterocycles. The molecule has 1 nitrogen and oxygen atoms in total. The number of rotatable bonds is 1. The van der Waals surface area contributed by atoms with Crippen molar-refractivity contribution in [3.05, 3.63) is 11.2 Å². The van der Waals surface area contributed by atoms with Crippen molar-refractivity contribution in [3.63, 3.8) is 0 Å². The number of hydrogen-bond acceptors (Lipinski definition) is 1. The molecule has 2 atom stereocenters. The van der Waals surface area contributed by atoms with Crippen LogP contribution in [0.5, 0.6) is 0 Å². The van der Waals surface area contributed by atoms with Crippen molar-refractivity contribution in [3.8, 4) is 0 Å². The molecule has 1 rings (SSSR count). The molecule has 0 N–H and O–H groups in total. The Balaban J connectivity index is 2.88. The largest absolute Gasteiger partial charge is 0.231 e. The maximum atomic E-state index is 13.4. The monoisotopic (exact) mass is 203 g/mol. The van der Waals surface area contributed by atoms with Gasteiger partial charge in [-0.3, -0.25) is 0 Å². The predicted octanol–water partition coefficient (Wildman–Crippen LogP) is 3.75. The summed E-state index contributed by atoms with van der Waals surface area (Å²) in [4.78, 5) is 3.71. The van der Waals surface area contributed by atoms with Crippen LogP contribution in [-0.2, 0) is 0 Å². The van der Waals surface area contributed by atoms with Gasteiger partial charge in [-0.1, -0.05) is 32.4 Å². The van der Waals surface area contributed by atoms with E-state index in [4.69, 9.17) is 11.6 Å². The molecule has 0 aromatic rings. The van der Waals surface area contributed by atoms with Crippen molar-refractivity contribution in [2.45, 2.75) is 27.2 Å². The van der Waals surface area contributed by atoms with E-state index < -0.39 is 0 Å². The van der Waals surface area contributed by atoms with Crippen LogP contribution in [0.25, 0.3) is 0 Å². The Morgan fingerprint density at radius 3 is 2.77 bits per heavy atom. The van der Waals surface area contributed by atoms with E-state index in [0.29, 0.717) is 5.03 Å². The fourth-order valence-corrected chi connectivity index (χ4v) is 2.16. The molecule has 0 fully saturated rings. The molecule has 1 aliphatic rings. The summed E-state index contributed by atoms with van der Waals surface area (Å²) in [5.74, 6) is 0.135. The van der Waals surface area contributed by atoms with E-state index in [1.54, 1.807) is 0 Å². The highest BCUT2D eigenvalue weighted by Gasteiger charge is 2.28. The molecule has 0 saturated carbocycles. The first kappa shape index (κ1) is 10.7. The van der Waals surface area contributed by atoms with E-state index >= 15 is 0 Å². The minimum atomic E-state index is -0.279. The molecular formula is C10H15ClFN. The van der Waals surface area contributed by atoms with Crippen LogP contribution in [0.1, 0.15) is 27.2 Å². The lowest BCUT2D eigenvalue weighted by atomic mass is 9.83. The third-order valence-corrected chi connectivity index (χ3v) is 2.70. The SMILES string of the molecule is CC(C)C1C(F)=NC=C(Cl)CC1C. The maximum absolute atomic E-state index is 13.4. The van der Waals surface area contributed by atoms with Crippen LogP contribution in [-0.4, -0.2) is 5.97 Å².